The van der Waals surface area contributed by atoms with Gasteiger partial charge in [-0.2, -0.15) is 0 Å². The fourth-order valence-electron chi connectivity index (χ4n) is 1.07. The predicted molar refractivity (Wildman–Crippen MR) is 66.7 cm³/mol. The number of halogens is 1. The van der Waals surface area contributed by atoms with Crippen molar-refractivity contribution in [1.29, 1.82) is 0 Å². The number of anilines is 1. The van der Waals surface area contributed by atoms with Crippen LogP contribution in [0.2, 0.25) is 0 Å². The Morgan fingerprint density at radius 2 is 2.38 bits per heavy atom. The van der Waals surface area contributed by atoms with E-state index in [1.54, 1.807) is 0 Å². The van der Waals surface area contributed by atoms with Crippen LogP contribution in [0.1, 0.15) is 13.8 Å². The lowest BCUT2D eigenvalue weighted by molar-refractivity contribution is 0.118. The van der Waals surface area contributed by atoms with Gasteiger partial charge in [-0.1, -0.05) is 13.8 Å². The molecule has 5 nitrogen and oxygen atoms in total. The van der Waals surface area contributed by atoms with Gasteiger partial charge in [0, 0.05) is 13.2 Å². The second-order valence-corrected chi connectivity index (χ2v) is 4.58. The van der Waals surface area contributed by atoms with Gasteiger partial charge in [0.15, 0.2) is 0 Å². The van der Waals surface area contributed by atoms with Crippen molar-refractivity contribution < 1.29 is 4.74 Å². The van der Waals surface area contributed by atoms with E-state index in [9.17, 15) is 4.79 Å². The Bertz CT molecular complexity index is 379. The van der Waals surface area contributed by atoms with Gasteiger partial charge >= 0.3 is 0 Å². The third-order valence-corrected chi connectivity index (χ3v) is 2.52. The van der Waals surface area contributed by atoms with Gasteiger partial charge in [0.2, 0.25) is 0 Å². The number of ether oxygens (including phenoxy) is 1. The smallest absolute Gasteiger partial charge is 0.267 e. The van der Waals surface area contributed by atoms with E-state index in [1.807, 2.05) is 0 Å². The molecule has 6 heteroatoms. The topological polar surface area (TPSA) is 67.0 Å². The number of nitrogens with one attached hydrogen (secondary N) is 2. The van der Waals surface area contributed by atoms with Crippen LogP contribution in [0.4, 0.5) is 5.82 Å². The molecular formula is C10H16BrN3O2. The average Bonchev–Trinajstić information content (AvgIpc) is 2.23. The van der Waals surface area contributed by atoms with Crippen molar-refractivity contribution in [3.05, 3.63) is 21.2 Å². The number of aromatic nitrogens is 2. The summed E-state index contributed by atoms with van der Waals surface area (Å²) in [4.78, 5) is 17.7. The van der Waals surface area contributed by atoms with E-state index in [-0.39, 0.29) is 5.56 Å². The zero-order valence-electron chi connectivity index (χ0n) is 9.42. The molecule has 0 radical (unpaired) electrons. The Labute approximate surface area is 103 Å². The number of nitrogens with zero attached hydrogens (tertiary/aromatic N) is 1. The quantitative estimate of drug-likeness (QED) is 0.781. The number of aromatic amines is 1. The Balaban J connectivity index is 2.32. The van der Waals surface area contributed by atoms with Gasteiger partial charge in [0.25, 0.3) is 5.56 Å². The lowest BCUT2D eigenvalue weighted by Gasteiger charge is -2.08. The molecule has 0 saturated heterocycles. The van der Waals surface area contributed by atoms with Crippen molar-refractivity contribution in [3.8, 4) is 0 Å². The number of rotatable bonds is 6. The summed E-state index contributed by atoms with van der Waals surface area (Å²) in [6, 6.07) is 0. The van der Waals surface area contributed by atoms with Crippen molar-refractivity contribution in [2.45, 2.75) is 13.8 Å². The summed E-state index contributed by atoms with van der Waals surface area (Å²) in [5, 5.41) is 3.02. The first-order valence-electron chi connectivity index (χ1n) is 5.16. The van der Waals surface area contributed by atoms with E-state index in [1.165, 1.54) is 6.33 Å². The van der Waals surface area contributed by atoms with E-state index >= 15 is 0 Å². The zero-order valence-corrected chi connectivity index (χ0v) is 11.0. The Hall–Kier alpha value is -0.880. The second kappa shape index (κ2) is 6.65. The second-order valence-electron chi connectivity index (χ2n) is 3.79. The molecule has 16 heavy (non-hydrogen) atoms. The molecule has 0 unspecified atom stereocenters. The number of hydrogen-bond acceptors (Lipinski definition) is 4. The van der Waals surface area contributed by atoms with Crippen molar-refractivity contribution in [3.63, 3.8) is 0 Å². The van der Waals surface area contributed by atoms with Gasteiger partial charge in [-0.3, -0.25) is 4.79 Å². The van der Waals surface area contributed by atoms with E-state index in [4.69, 9.17) is 4.74 Å². The van der Waals surface area contributed by atoms with Crippen LogP contribution >= 0.6 is 15.9 Å². The molecule has 0 aromatic carbocycles. The van der Waals surface area contributed by atoms with Crippen LogP contribution in [0.25, 0.3) is 0 Å². The molecule has 0 spiro atoms. The first kappa shape index (κ1) is 13.2. The van der Waals surface area contributed by atoms with Crippen molar-refractivity contribution >= 4 is 21.7 Å². The van der Waals surface area contributed by atoms with Gasteiger partial charge in [-0.05, 0) is 21.8 Å². The number of hydrogen-bond donors (Lipinski definition) is 2. The highest BCUT2D eigenvalue weighted by Crippen LogP contribution is 2.12. The molecule has 0 aliphatic rings. The van der Waals surface area contributed by atoms with Crippen molar-refractivity contribution in [2.75, 3.05) is 25.1 Å². The molecule has 1 heterocycles. The minimum absolute atomic E-state index is 0.194. The van der Waals surface area contributed by atoms with Crippen molar-refractivity contribution in [2.24, 2.45) is 5.92 Å². The summed E-state index contributed by atoms with van der Waals surface area (Å²) >= 11 is 3.16. The average molecular weight is 290 g/mol. The molecule has 0 fully saturated rings. The van der Waals surface area contributed by atoms with Gasteiger partial charge in [-0.15, -0.1) is 0 Å². The monoisotopic (exact) mass is 289 g/mol. The fourth-order valence-corrected chi connectivity index (χ4v) is 1.42. The van der Waals surface area contributed by atoms with Crippen molar-refractivity contribution in [1.82, 2.24) is 9.97 Å². The van der Waals surface area contributed by atoms with Crippen LogP contribution in [0.5, 0.6) is 0 Å². The normalized spacial score (nSPS) is 10.8. The lowest BCUT2D eigenvalue weighted by Crippen LogP contribution is -2.16. The molecule has 1 aromatic rings. The summed E-state index contributed by atoms with van der Waals surface area (Å²) < 4.78 is 5.81. The molecule has 0 aliphatic heterocycles. The van der Waals surface area contributed by atoms with Crippen LogP contribution in [-0.2, 0) is 4.74 Å². The molecule has 90 valence electrons. The first-order chi connectivity index (χ1) is 7.61. The molecule has 1 rings (SSSR count). The van der Waals surface area contributed by atoms with E-state index < -0.39 is 0 Å². The highest BCUT2D eigenvalue weighted by Gasteiger charge is 2.03. The highest BCUT2D eigenvalue weighted by molar-refractivity contribution is 9.10. The standard InChI is InChI=1S/C10H16BrN3O2/c1-7(2)5-16-4-3-12-9-8(11)10(15)14-6-13-9/h6-7H,3-5H2,1-2H3,(H2,12,13,14,15). The van der Waals surface area contributed by atoms with E-state index in [2.05, 4.69) is 45.1 Å². The maximum Gasteiger partial charge on any atom is 0.267 e. The fraction of sp³-hybridized carbons (Fsp3) is 0.600. The highest BCUT2D eigenvalue weighted by atomic mass is 79.9. The predicted octanol–water partition coefficient (Wildman–Crippen LogP) is 1.62. The third kappa shape index (κ3) is 4.32. The summed E-state index contributed by atoms with van der Waals surface area (Å²) in [7, 11) is 0. The molecule has 0 atom stereocenters. The maximum absolute atomic E-state index is 11.2. The van der Waals surface area contributed by atoms with Crippen LogP contribution in [-0.4, -0.2) is 29.7 Å². The molecule has 2 N–H and O–H groups in total. The molecule has 0 amide bonds. The van der Waals surface area contributed by atoms with Crippen LogP contribution < -0.4 is 10.9 Å². The SMILES string of the molecule is CC(C)COCCNc1nc[nH]c(=O)c1Br. The zero-order chi connectivity index (χ0) is 12.0. The van der Waals surface area contributed by atoms with Crippen LogP contribution in [0, 0.1) is 5.92 Å². The summed E-state index contributed by atoms with van der Waals surface area (Å²) in [5.74, 6) is 1.07. The summed E-state index contributed by atoms with van der Waals surface area (Å²) in [6.45, 7) is 6.16. The minimum Gasteiger partial charge on any atom is -0.379 e. The Morgan fingerprint density at radius 1 is 1.62 bits per heavy atom. The lowest BCUT2D eigenvalue weighted by atomic mass is 10.2. The third-order valence-electron chi connectivity index (χ3n) is 1.79. The van der Waals surface area contributed by atoms with E-state index in [0.29, 0.717) is 29.4 Å². The molecular weight excluding hydrogens is 274 g/mol. The van der Waals surface area contributed by atoms with Gasteiger partial charge in [0.05, 0.1) is 12.9 Å². The first-order valence-corrected chi connectivity index (χ1v) is 5.95. The van der Waals surface area contributed by atoms with Gasteiger partial charge in [0.1, 0.15) is 10.3 Å². The molecule has 0 bridgehead atoms. The van der Waals surface area contributed by atoms with E-state index in [0.717, 1.165) is 6.61 Å². The molecule has 1 aromatic heterocycles. The summed E-state index contributed by atoms with van der Waals surface area (Å²) in [5.41, 5.74) is -0.194. The Kier molecular flexibility index (Phi) is 5.48. The maximum atomic E-state index is 11.2. The molecule has 0 aliphatic carbocycles. The number of H-pyrrole nitrogens is 1. The molecule has 0 saturated carbocycles. The van der Waals surface area contributed by atoms with Gasteiger partial charge < -0.3 is 15.0 Å². The van der Waals surface area contributed by atoms with Crippen LogP contribution in [0.15, 0.2) is 15.6 Å². The van der Waals surface area contributed by atoms with Crippen LogP contribution in [0.3, 0.4) is 0 Å². The van der Waals surface area contributed by atoms with Gasteiger partial charge in [-0.25, -0.2) is 4.98 Å². The minimum atomic E-state index is -0.194. The Morgan fingerprint density at radius 3 is 3.06 bits per heavy atom. The summed E-state index contributed by atoms with van der Waals surface area (Å²) in [6.07, 6.45) is 1.37. The largest absolute Gasteiger partial charge is 0.379 e.